The Morgan fingerprint density at radius 2 is 2.31 bits per heavy atom. The zero-order chi connectivity index (χ0) is 11.4. The van der Waals surface area contributed by atoms with Gasteiger partial charge < -0.3 is 10.5 Å². The van der Waals surface area contributed by atoms with Crippen molar-refractivity contribution in [3.63, 3.8) is 0 Å². The molecule has 0 radical (unpaired) electrons. The summed E-state index contributed by atoms with van der Waals surface area (Å²) in [4.78, 5) is 0. The predicted molar refractivity (Wildman–Crippen MR) is 66.3 cm³/mol. The third kappa shape index (κ3) is 3.00. The minimum Gasteiger partial charge on any atom is -0.492 e. The summed E-state index contributed by atoms with van der Waals surface area (Å²) in [7, 11) is 0. The molecule has 0 fully saturated rings. The molecule has 2 rings (SSSR count). The highest BCUT2D eigenvalue weighted by atomic mass is 79.9. The number of rotatable bonds is 4. The first-order valence-electron chi connectivity index (χ1n) is 4.90. The van der Waals surface area contributed by atoms with Gasteiger partial charge >= 0.3 is 0 Å². The van der Waals surface area contributed by atoms with Crippen molar-refractivity contribution in [2.75, 3.05) is 12.3 Å². The molecule has 0 aliphatic rings. The van der Waals surface area contributed by atoms with Gasteiger partial charge in [-0.2, -0.15) is 5.10 Å². The summed E-state index contributed by atoms with van der Waals surface area (Å²) in [6.45, 7) is 1.25. The van der Waals surface area contributed by atoms with Crippen molar-refractivity contribution in [1.82, 2.24) is 9.78 Å². The number of anilines is 1. The molecule has 0 aliphatic heterocycles. The van der Waals surface area contributed by atoms with E-state index in [1.165, 1.54) is 0 Å². The van der Waals surface area contributed by atoms with Gasteiger partial charge in [0.15, 0.2) is 0 Å². The maximum atomic E-state index is 5.57. The van der Waals surface area contributed by atoms with Gasteiger partial charge in [-0.1, -0.05) is 22.0 Å². The Hall–Kier alpha value is -1.49. The molecule has 0 spiro atoms. The smallest absolute Gasteiger partial charge is 0.120 e. The van der Waals surface area contributed by atoms with Crippen molar-refractivity contribution in [1.29, 1.82) is 0 Å². The van der Waals surface area contributed by atoms with Gasteiger partial charge in [-0.05, 0) is 18.2 Å². The Balaban J connectivity index is 1.84. The van der Waals surface area contributed by atoms with Gasteiger partial charge in [0.05, 0.1) is 18.4 Å². The molecule has 2 N–H and O–H groups in total. The lowest BCUT2D eigenvalue weighted by atomic mass is 10.3. The van der Waals surface area contributed by atoms with E-state index >= 15 is 0 Å². The van der Waals surface area contributed by atoms with Gasteiger partial charge in [0.25, 0.3) is 0 Å². The Morgan fingerprint density at radius 3 is 3.00 bits per heavy atom. The van der Waals surface area contributed by atoms with Crippen LogP contribution in [0.4, 0.5) is 5.69 Å². The van der Waals surface area contributed by atoms with E-state index in [-0.39, 0.29) is 0 Å². The van der Waals surface area contributed by atoms with Crippen LogP contribution in [0.1, 0.15) is 0 Å². The molecule has 84 valence electrons. The third-order valence-electron chi connectivity index (χ3n) is 2.04. The predicted octanol–water partition coefficient (Wildman–Crippen LogP) is 2.31. The molecule has 0 saturated carbocycles. The molecular weight excluding hydrogens is 270 g/mol. The van der Waals surface area contributed by atoms with E-state index in [1.807, 2.05) is 24.3 Å². The number of halogens is 1. The first kappa shape index (κ1) is 11.0. The van der Waals surface area contributed by atoms with E-state index in [4.69, 9.17) is 10.5 Å². The molecule has 1 aromatic carbocycles. The highest BCUT2D eigenvalue weighted by Crippen LogP contribution is 2.17. The highest BCUT2D eigenvalue weighted by Gasteiger charge is 1.97. The average molecular weight is 282 g/mol. The number of nitrogen functional groups attached to an aromatic ring is 1. The largest absolute Gasteiger partial charge is 0.492 e. The fraction of sp³-hybridized carbons (Fsp3) is 0.182. The van der Waals surface area contributed by atoms with Crippen molar-refractivity contribution in [2.24, 2.45) is 0 Å². The first-order chi connectivity index (χ1) is 7.74. The molecule has 0 atom stereocenters. The molecule has 0 aliphatic carbocycles. The average Bonchev–Trinajstić information content (AvgIpc) is 2.64. The number of nitrogens with zero attached hydrogens (tertiary/aromatic N) is 2. The lowest BCUT2D eigenvalue weighted by molar-refractivity contribution is 0.291. The number of ether oxygens (including phenoxy) is 1. The third-order valence-corrected chi connectivity index (χ3v) is 2.53. The lowest BCUT2D eigenvalue weighted by Gasteiger charge is -2.06. The highest BCUT2D eigenvalue weighted by molar-refractivity contribution is 9.10. The topological polar surface area (TPSA) is 53.1 Å². The zero-order valence-electron chi connectivity index (χ0n) is 8.64. The van der Waals surface area contributed by atoms with Gasteiger partial charge in [0.1, 0.15) is 12.4 Å². The number of aromatic nitrogens is 2. The summed E-state index contributed by atoms with van der Waals surface area (Å²) in [6, 6.07) is 7.74. The zero-order valence-corrected chi connectivity index (χ0v) is 10.2. The van der Waals surface area contributed by atoms with Crippen molar-refractivity contribution in [3.8, 4) is 5.75 Å². The number of hydrogen-bond donors (Lipinski definition) is 1. The maximum absolute atomic E-state index is 5.57. The number of benzene rings is 1. The van der Waals surface area contributed by atoms with Crippen LogP contribution in [-0.4, -0.2) is 16.4 Å². The van der Waals surface area contributed by atoms with Gasteiger partial charge in [0, 0.05) is 10.7 Å². The van der Waals surface area contributed by atoms with Crippen LogP contribution < -0.4 is 10.5 Å². The van der Waals surface area contributed by atoms with Crippen LogP contribution >= 0.6 is 15.9 Å². The minimum absolute atomic E-state index is 0.567. The maximum Gasteiger partial charge on any atom is 0.120 e. The quantitative estimate of drug-likeness (QED) is 0.936. The van der Waals surface area contributed by atoms with Crippen LogP contribution in [-0.2, 0) is 6.54 Å². The molecule has 5 heteroatoms. The fourth-order valence-electron chi connectivity index (χ4n) is 1.32. The summed E-state index contributed by atoms with van der Waals surface area (Å²) in [6.07, 6.45) is 3.41. The Kier molecular flexibility index (Phi) is 3.46. The standard InChI is InChI=1S/C11H12BrN3O/c12-9-2-1-3-11(6-9)16-5-4-15-8-10(13)7-14-15/h1-3,6-8H,4-5,13H2. The molecule has 0 saturated heterocycles. The molecule has 2 aromatic rings. The van der Waals surface area contributed by atoms with Crippen LogP contribution in [0, 0.1) is 0 Å². The molecule has 4 nitrogen and oxygen atoms in total. The SMILES string of the molecule is Nc1cnn(CCOc2cccc(Br)c2)c1. The molecule has 0 unspecified atom stereocenters. The molecular formula is C11H12BrN3O. The van der Waals surface area contributed by atoms with Gasteiger partial charge in [0.2, 0.25) is 0 Å². The Bertz CT molecular complexity index is 470. The number of nitrogens with two attached hydrogens (primary N) is 1. The second-order valence-corrected chi connectivity index (χ2v) is 4.26. The monoisotopic (exact) mass is 281 g/mol. The Labute approximate surface area is 102 Å². The van der Waals surface area contributed by atoms with Crippen molar-refractivity contribution >= 4 is 21.6 Å². The molecule has 1 heterocycles. The summed E-state index contributed by atoms with van der Waals surface area (Å²) in [5.41, 5.74) is 6.22. The first-order valence-corrected chi connectivity index (χ1v) is 5.69. The molecule has 0 bridgehead atoms. The van der Waals surface area contributed by atoms with Crippen LogP contribution in [0.25, 0.3) is 0 Å². The summed E-state index contributed by atoms with van der Waals surface area (Å²) < 4.78 is 8.33. The van der Waals surface area contributed by atoms with Gasteiger partial charge in [-0.25, -0.2) is 0 Å². The van der Waals surface area contributed by atoms with E-state index in [0.717, 1.165) is 10.2 Å². The minimum atomic E-state index is 0.567. The normalized spacial score (nSPS) is 10.3. The van der Waals surface area contributed by atoms with E-state index in [0.29, 0.717) is 18.8 Å². The van der Waals surface area contributed by atoms with Crippen molar-refractivity contribution in [2.45, 2.75) is 6.54 Å². The van der Waals surface area contributed by atoms with Crippen molar-refractivity contribution in [3.05, 3.63) is 41.1 Å². The lowest BCUT2D eigenvalue weighted by Crippen LogP contribution is -2.08. The second-order valence-electron chi connectivity index (χ2n) is 3.34. The molecule has 16 heavy (non-hydrogen) atoms. The molecule has 1 aromatic heterocycles. The number of hydrogen-bond acceptors (Lipinski definition) is 3. The van der Waals surface area contributed by atoms with Crippen LogP contribution in [0.15, 0.2) is 41.1 Å². The van der Waals surface area contributed by atoms with Crippen molar-refractivity contribution < 1.29 is 4.74 Å². The Morgan fingerprint density at radius 1 is 1.44 bits per heavy atom. The van der Waals surface area contributed by atoms with Gasteiger partial charge in [-0.15, -0.1) is 0 Å². The molecule has 0 amide bonds. The van der Waals surface area contributed by atoms with E-state index in [1.54, 1.807) is 17.1 Å². The second kappa shape index (κ2) is 5.03. The van der Waals surface area contributed by atoms with Crippen LogP contribution in [0.3, 0.4) is 0 Å². The van der Waals surface area contributed by atoms with E-state index in [2.05, 4.69) is 21.0 Å². The summed E-state index contributed by atoms with van der Waals surface area (Å²) in [5, 5.41) is 4.07. The summed E-state index contributed by atoms with van der Waals surface area (Å²) in [5.74, 6) is 0.842. The van der Waals surface area contributed by atoms with E-state index < -0.39 is 0 Å². The van der Waals surface area contributed by atoms with Gasteiger partial charge in [-0.3, -0.25) is 4.68 Å². The van der Waals surface area contributed by atoms with Crippen LogP contribution in [0.2, 0.25) is 0 Å². The summed E-state index contributed by atoms with van der Waals surface area (Å²) >= 11 is 3.39. The van der Waals surface area contributed by atoms with E-state index in [9.17, 15) is 0 Å². The fourth-order valence-corrected chi connectivity index (χ4v) is 1.69. The van der Waals surface area contributed by atoms with Crippen LogP contribution in [0.5, 0.6) is 5.75 Å².